The lowest BCUT2D eigenvalue weighted by molar-refractivity contribution is 0.0644. The average molecular weight is 507 g/mol. The summed E-state index contributed by atoms with van der Waals surface area (Å²) in [6.45, 7) is 4.54. The van der Waals surface area contributed by atoms with Crippen LogP contribution in [0.2, 0.25) is 0 Å². The number of aliphatic hydroxyl groups is 1. The Hall–Kier alpha value is -2.73. The number of rotatable bonds is 11. The van der Waals surface area contributed by atoms with Crippen LogP contribution in [0.15, 0.2) is 53.7 Å². The lowest BCUT2D eigenvalue weighted by Crippen LogP contribution is -2.51. The van der Waals surface area contributed by atoms with Gasteiger partial charge in [0, 0.05) is 31.9 Å². The molecule has 0 bridgehead atoms. The van der Waals surface area contributed by atoms with Gasteiger partial charge in [-0.05, 0) is 24.0 Å². The number of hydrogen-bond donors (Lipinski definition) is 3. The lowest BCUT2D eigenvalue weighted by Gasteiger charge is -2.30. The van der Waals surface area contributed by atoms with E-state index >= 15 is 0 Å². The molecule has 192 valence electrons. The molecule has 1 aliphatic heterocycles. The van der Waals surface area contributed by atoms with Crippen LogP contribution in [0.5, 0.6) is 0 Å². The first-order valence-corrected chi connectivity index (χ1v) is 13.1. The first-order valence-electron chi connectivity index (χ1n) is 11.6. The van der Waals surface area contributed by atoms with Crippen LogP contribution in [0.3, 0.4) is 0 Å². The van der Waals surface area contributed by atoms with Crippen LogP contribution < -0.4 is 11.1 Å². The van der Waals surface area contributed by atoms with Crippen LogP contribution in [0.4, 0.5) is 10.5 Å². The SMILES string of the molecule is CC(C)CN(C[C@@H](O)[C@H](Cc1ccccc1)NC(=O)OC1CCOC1)S(=O)(=O)c1cncc(N)c1. The number of alkyl carbamates (subject to hydrolysis) is 1. The van der Waals surface area contributed by atoms with Gasteiger partial charge >= 0.3 is 6.09 Å². The van der Waals surface area contributed by atoms with E-state index in [0.717, 1.165) is 5.56 Å². The molecule has 3 rings (SSSR count). The van der Waals surface area contributed by atoms with Crippen molar-refractivity contribution in [3.63, 3.8) is 0 Å². The number of ether oxygens (including phenoxy) is 2. The van der Waals surface area contributed by atoms with Gasteiger partial charge in [-0.25, -0.2) is 13.2 Å². The molecule has 1 aliphatic rings. The number of carbonyl (C=O) groups excluding carboxylic acids is 1. The molecule has 1 aromatic heterocycles. The van der Waals surface area contributed by atoms with Gasteiger partial charge in [-0.2, -0.15) is 4.31 Å². The second-order valence-electron chi connectivity index (χ2n) is 9.07. The zero-order valence-electron chi connectivity index (χ0n) is 20.0. The number of nitrogens with zero attached hydrogens (tertiary/aromatic N) is 2. The summed E-state index contributed by atoms with van der Waals surface area (Å²) in [6.07, 6.45) is 1.23. The summed E-state index contributed by atoms with van der Waals surface area (Å²) in [7, 11) is -4.00. The normalized spacial score (nSPS) is 17.9. The Labute approximate surface area is 206 Å². The quantitative estimate of drug-likeness (QED) is 0.418. The van der Waals surface area contributed by atoms with Crippen LogP contribution in [0, 0.1) is 5.92 Å². The standard InChI is InChI=1S/C24H34N4O6S/c1-17(2)14-28(35(31,32)21-11-19(25)12-26-13-21)15-23(29)22(10-18-6-4-3-5-7-18)27-24(30)34-20-8-9-33-16-20/h3-7,11-13,17,20,22-23,29H,8-10,14-16,25H2,1-2H3,(H,27,30)/t20?,22-,23+/m0/s1. The number of amides is 1. The Bertz CT molecular complexity index is 1060. The summed E-state index contributed by atoms with van der Waals surface area (Å²) in [5.74, 6) is -0.0149. The molecular weight excluding hydrogens is 472 g/mol. The van der Waals surface area contributed by atoms with E-state index in [-0.39, 0.29) is 42.1 Å². The molecule has 11 heteroatoms. The number of anilines is 1. The van der Waals surface area contributed by atoms with Crippen LogP contribution in [-0.4, -0.2) is 73.5 Å². The van der Waals surface area contributed by atoms with E-state index in [0.29, 0.717) is 19.6 Å². The van der Waals surface area contributed by atoms with Crippen molar-refractivity contribution in [2.75, 3.05) is 32.0 Å². The van der Waals surface area contributed by atoms with Crippen molar-refractivity contribution >= 4 is 21.8 Å². The highest BCUT2D eigenvalue weighted by Crippen LogP contribution is 2.20. The first kappa shape index (κ1) is 26.9. The summed E-state index contributed by atoms with van der Waals surface area (Å²) < 4.78 is 38.6. The van der Waals surface area contributed by atoms with E-state index in [1.165, 1.54) is 22.8 Å². The van der Waals surface area contributed by atoms with Gasteiger partial charge in [0.05, 0.1) is 31.0 Å². The molecule has 4 N–H and O–H groups in total. The van der Waals surface area contributed by atoms with Gasteiger partial charge in [0.2, 0.25) is 10.0 Å². The van der Waals surface area contributed by atoms with Crippen LogP contribution in [0.25, 0.3) is 0 Å². The zero-order chi connectivity index (χ0) is 25.4. The van der Waals surface area contributed by atoms with Crippen molar-refractivity contribution in [3.05, 3.63) is 54.4 Å². The van der Waals surface area contributed by atoms with Crippen molar-refractivity contribution in [3.8, 4) is 0 Å². The Balaban J connectivity index is 1.80. The van der Waals surface area contributed by atoms with Crippen molar-refractivity contribution in [1.82, 2.24) is 14.6 Å². The Morgan fingerprint density at radius 3 is 2.66 bits per heavy atom. The van der Waals surface area contributed by atoms with Gasteiger partial charge in [0.15, 0.2) is 0 Å². The average Bonchev–Trinajstić information content (AvgIpc) is 3.31. The Kier molecular flexibility index (Phi) is 9.44. The van der Waals surface area contributed by atoms with E-state index in [4.69, 9.17) is 15.2 Å². The van der Waals surface area contributed by atoms with Gasteiger partial charge in [-0.1, -0.05) is 44.2 Å². The summed E-state index contributed by atoms with van der Waals surface area (Å²) in [6, 6.07) is 9.87. The van der Waals surface area contributed by atoms with Crippen LogP contribution in [-0.2, 0) is 25.9 Å². The second-order valence-corrected chi connectivity index (χ2v) is 11.0. The molecule has 35 heavy (non-hydrogen) atoms. The highest BCUT2D eigenvalue weighted by atomic mass is 32.2. The first-order chi connectivity index (χ1) is 16.6. The Morgan fingerprint density at radius 2 is 2.03 bits per heavy atom. The molecule has 1 fully saturated rings. The molecule has 0 spiro atoms. The number of aliphatic hydroxyl groups excluding tert-OH is 1. The van der Waals surface area contributed by atoms with Gasteiger partial charge in [0.25, 0.3) is 0 Å². The summed E-state index contributed by atoms with van der Waals surface area (Å²) in [4.78, 5) is 16.4. The molecule has 2 heterocycles. The number of sulfonamides is 1. The van der Waals surface area contributed by atoms with E-state index in [1.54, 1.807) is 0 Å². The van der Waals surface area contributed by atoms with Gasteiger partial charge < -0.3 is 25.6 Å². The molecule has 1 saturated heterocycles. The molecule has 1 aromatic carbocycles. The number of nitrogens with one attached hydrogen (secondary N) is 1. The molecule has 0 aliphatic carbocycles. The van der Waals surface area contributed by atoms with E-state index < -0.39 is 28.3 Å². The van der Waals surface area contributed by atoms with E-state index in [1.807, 2.05) is 44.2 Å². The van der Waals surface area contributed by atoms with E-state index in [9.17, 15) is 18.3 Å². The number of carbonyl (C=O) groups is 1. The fourth-order valence-electron chi connectivity index (χ4n) is 3.83. The number of benzene rings is 1. The maximum absolute atomic E-state index is 13.4. The number of pyridine rings is 1. The van der Waals surface area contributed by atoms with E-state index in [2.05, 4.69) is 10.3 Å². The highest BCUT2D eigenvalue weighted by Gasteiger charge is 2.32. The summed E-state index contributed by atoms with van der Waals surface area (Å²) in [5.41, 5.74) is 6.84. The minimum atomic E-state index is -4.00. The second kappa shape index (κ2) is 12.3. The van der Waals surface area contributed by atoms with Crippen molar-refractivity contribution < 1.29 is 27.8 Å². The largest absolute Gasteiger partial charge is 0.444 e. The Morgan fingerprint density at radius 1 is 1.29 bits per heavy atom. The van der Waals surface area contributed by atoms with Crippen LogP contribution in [0.1, 0.15) is 25.8 Å². The number of hydrogen-bond acceptors (Lipinski definition) is 8. The van der Waals surface area contributed by atoms with Gasteiger partial charge in [-0.3, -0.25) is 4.98 Å². The number of aromatic nitrogens is 1. The highest BCUT2D eigenvalue weighted by molar-refractivity contribution is 7.89. The summed E-state index contributed by atoms with van der Waals surface area (Å²) >= 11 is 0. The van der Waals surface area contributed by atoms with Crippen LogP contribution >= 0.6 is 0 Å². The number of nitrogens with two attached hydrogens (primary N) is 1. The van der Waals surface area contributed by atoms with Gasteiger partial charge in [-0.15, -0.1) is 0 Å². The monoisotopic (exact) mass is 506 g/mol. The predicted octanol–water partition coefficient (Wildman–Crippen LogP) is 1.80. The van der Waals surface area contributed by atoms with Crippen molar-refractivity contribution in [2.45, 2.75) is 49.8 Å². The third-order valence-electron chi connectivity index (χ3n) is 5.56. The van der Waals surface area contributed by atoms with Crippen molar-refractivity contribution in [2.24, 2.45) is 5.92 Å². The molecule has 0 saturated carbocycles. The fraction of sp³-hybridized carbons (Fsp3) is 0.500. The summed E-state index contributed by atoms with van der Waals surface area (Å²) in [5, 5.41) is 13.9. The molecule has 1 amide bonds. The smallest absolute Gasteiger partial charge is 0.407 e. The zero-order valence-corrected chi connectivity index (χ0v) is 20.9. The molecule has 0 radical (unpaired) electrons. The maximum atomic E-state index is 13.4. The molecule has 3 atom stereocenters. The van der Waals surface area contributed by atoms with Gasteiger partial charge in [0.1, 0.15) is 11.0 Å². The fourth-order valence-corrected chi connectivity index (χ4v) is 5.45. The molecular formula is C24H34N4O6S. The number of nitrogen functional groups attached to an aromatic ring is 1. The minimum Gasteiger partial charge on any atom is -0.444 e. The molecule has 2 aromatic rings. The minimum absolute atomic E-state index is 0.0149. The maximum Gasteiger partial charge on any atom is 0.407 e. The third-order valence-corrected chi connectivity index (χ3v) is 7.36. The molecule has 1 unspecified atom stereocenters. The lowest BCUT2D eigenvalue weighted by atomic mass is 10.0. The predicted molar refractivity (Wildman–Crippen MR) is 131 cm³/mol. The topological polar surface area (TPSA) is 144 Å². The molecule has 10 nitrogen and oxygen atoms in total. The van der Waals surface area contributed by atoms with Crippen molar-refractivity contribution in [1.29, 1.82) is 0 Å². The third kappa shape index (κ3) is 7.89.